The zero-order chi connectivity index (χ0) is 20.7. The van der Waals surface area contributed by atoms with Crippen LogP contribution in [0.1, 0.15) is 20.3 Å². The highest BCUT2D eigenvalue weighted by Gasteiger charge is 2.30. The molecular weight excluding hydrogens is 410 g/mol. The van der Waals surface area contributed by atoms with E-state index in [0.717, 1.165) is 0 Å². The summed E-state index contributed by atoms with van der Waals surface area (Å²) in [5.74, 6) is -1.72. The van der Waals surface area contributed by atoms with Crippen LogP contribution in [-0.4, -0.2) is 58.6 Å². The molecule has 0 aliphatic carbocycles. The molecule has 0 radical (unpaired) electrons. The fourth-order valence-electron chi connectivity index (χ4n) is 2.67. The van der Waals surface area contributed by atoms with Crippen LogP contribution < -0.4 is 14.9 Å². The smallest absolute Gasteiger partial charge is 0.313 e. The van der Waals surface area contributed by atoms with E-state index >= 15 is 0 Å². The minimum absolute atomic E-state index is 0.0197. The van der Waals surface area contributed by atoms with E-state index in [0.29, 0.717) is 26.2 Å². The normalized spacial score (nSPS) is 15.6. The molecule has 1 heterocycles. The maximum atomic E-state index is 12.1. The molecule has 28 heavy (non-hydrogen) atoms. The molecular formula is C17H24ClN3O6S. The molecule has 2 amide bonds. The van der Waals surface area contributed by atoms with Crippen molar-refractivity contribution in [3.05, 3.63) is 23.2 Å². The summed E-state index contributed by atoms with van der Waals surface area (Å²) in [5.41, 5.74) is 0.526. The minimum atomic E-state index is -3.42. The number of ether oxygens (including phenoxy) is 2. The van der Waals surface area contributed by atoms with E-state index in [4.69, 9.17) is 21.1 Å². The maximum Gasteiger partial charge on any atom is 0.313 e. The van der Waals surface area contributed by atoms with Crippen molar-refractivity contribution in [2.24, 2.45) is 0 Å². The second kappa shape index (κ2) is 10.1. The summed E-state index contributed by atoms with van der Waals surface area (Å²) >= 11 is 6.12. The molecule has 0 spiro atoms. The van der Waals surface area contributed by atoms with Gasteiger partial charge in [-0.05, 0) is 38.5 Å². The average Bonchev–Trinajstić information content (AvgIpc) is 3.00. The number of rotatable bonds is 8. The van der Waals surface area contributed by atoms with Crippen molar-refractivity contribution in [3.63, 3.8) is 0 Å². The Morgan fingerprint density at radius 2 is 1.89 bits per heavy atom. The predicted molar refractivity (Wildman–Crippen MR) is 106 cm³/mol. The molecule has 1 fully saturated rings. The lowest BCUT2D eigenvalue weighted by Gasteiger charge is -2.19. The summed E-state index contributed by atoms with van der Waals surface area (Å²) in [6, 6.07) is 4.39. The summed E-state index contributed by atoms with van der Waals surface area (Å²) in [4.78, 5) is 24.1. The van der Waals surface area contributed by atoms with E-state index in [2.05, 4.69) is 10.6 Å². The highest BCUT2D eigenvalue weighted by molar-refractivity contribution is 7.93. The summed E-state index contributed by atoms with van der Waals surface area (Å²) in [6.45, 7) is 4.72. The van der Waals surface area contributed by atoms with Gasteiger partial charge in [-0.2, -0.15) is 0 Å². The zero-order valence-corrected chi connectivity index (χ0v) is 17.3. The molecule has 1 aromatic carbocycles. The van der Waals surface area contributed by atoms with Gasteiger partial charge < -0.3 is 20.1 Å². The van der Waals surface area contributed by atoms with Crippen LogP contribution >= 0.6 is 11.6 Å². The molecule has 0 saturated carbocycles. The molecule has 11 heteroatoms. The lowest BCUT2D eigenvalue weighted by Crippen LogP contribution is -2.41. The number of sulfonamides is 1. The monoisotopic (exact) mass is 433 g/mol. The molecule has 1 saturated heterocycles. The topological polar surface area (TPSA) is 114 Å². The molecule has 1 aliphatic heterocycles. The Morgan fingerprint density at radius 3 is 2.46 bits per heavy atom. The first kappa shape index (κ1) is 22.4. The quantitative estimate of drug-likeness (QED) is 0.472. The van der Waals surface area contributed by atoms with Crippen molar-refractivity contribution in [3.8, 4) is 0 Å². The Morgan fingerprint density at radius 1 is 1.21 bits per heavy atom. The Labute approximate surface area is 169 Å². The number of carbonyl (C=O) groups excluding carboxylic acids is 2. The minimum Gasteiger partial charge on any atom is -0.351 e. The Bertz CT molecular complexity index is 811. The van der Waals surface area contributed by atoms with Crippen molar-refractivity contribution in [2.75, 3.05) is 41.7 Å². The third kappa shape index (κ3) is 5.81. The first-order valence-electron chi connectivity index (χ1n) is 8.90. The molecule has 2 rings (SSSR count). The van der Waals surface area contributed by atoms with Gasteiger partial charge in [0.2, 0.25) is 10.0 Å². The van der Waals surface area contributed by atoms with Gasteiger partial charge in [-0.25, -0.2) is 8.42 Å². The van der Waals surface area contributed by atoms with E-state index in [1.807, 2.05) is 0 Å². The Kier molecular flexibility index (Phi) is 8.05. The summed E-state index contributed by atoms with van der Waals surface area (Å²) in [6.07, 6.45) is -0.146. The lowest BCUT2D eigenvalue weighted by atomic mass is 10.2. The maximum absolute atomic E-state index is 12.1. The van der Waals surface area contributed by atoms with Crippen LogP contribution in [0.2, 0.25) is 5.02 Å². The van der Waals surface area contributed by atoms with E-state index in [1.54, 1.807) is 13.8 Å². The highest BCUT2D eigenvalue weighted by atomic mass is 35.5. The standard InChI is InChI=1S/C17H24ClN3O6S/c1-3-26-15(27-4-2)11-19-16(22)17(23)20-12-6-7-13(18)14(10-12)21-8-5-9-28(21,24)25/h6-7,10,15H,3-5,8-9,11H2,1-2H3,(H,19,22)(H,20,23). The molecule has 2 N–H and O–H groups in total. The molecule has 1 aromatic rings. The van der Waals surface area contributed by atoms with Gasteiger partial charge in [-0.15, -0.1) is 0 Å². The summed E-state index contributed by atoms with van der Waals surface area (Å²) in [5, 5.41) is 5.11. The second-order valence-corrected chi connectivity index (χ2v) is 8.33. The average molecular weight is 434 g/mol. The zero-order valence-electron chi connectivity index (χ0n) is 15.7. The molecule has 0 bridgehead atoms. The SMILES string of the molecule is CCOC(CNC(=O)C(=O)Nc1ccc(Cl)c(N2CCCS2(=O)=O)c1)OCC. The van der Waals surface area contributed by atoms with Gasteiger partial charge in [0.25, 0.3) is 0 Å². The fraction of sp³-hybridized carbons (Fsp3) is 0.529. The molecule has 9 nitrogen and oxygen atoms in total. The Hall–Kier alpha value is -1.88. The number of carbonyl (C=O) groups is 2. The number of nitrogens with one attached hydrogen (secondary N) is 2. The van der Waals surface area contributed by atoms with E-state index in [-0.39, 0.29) is 28.7 Å². The Balaban J connectivity index is 2.02. The number of anilines is 2. The summed E-state index contributed by atoms with van der Waals surface area (Å²) in [7, 11) is -3.42. The van der Waals surface area contributed by atoms with Crippen LogP contribution in [0.25, 0.3) is 0 Å². The number of halogens is 1. The van der Waals surface area contributed by atoms with E-state index < -0.39 is 28.1 Å². The number of nitrogens with zero attached hydrogens (tertiary/aromatic N) is 1. The van der Waals surface area contributed by atoms with Crippen LogP contribution in [0.4, 0.5) is 11.4 Å². The van der Waals surface area contributed by atoms with Gasteiger partial charge in [0.15, 0.2) is 6.29 Å². The first-order valence-corrected chi connectivity index (χ1v) is 10.9. The van der Waals surface area contributed by atoms with Crippen molar-refractivity contribution in [1.82, 2.24) is 5.32 Å². The molecule has 0 atom stereocenters. The van der Waals surface area contributed by atoms with E-state index in [1.165, 1.54) is 22.5 Å². The van der Waals surface area contributed by atoms with Crippen LogP contribution in [-0.2, 0) is 29.1 Å². The van der Waals surface area contributed by atoms with Gasteiger partial charge in [0.05, 0.1) is 23.0 Å². The lowest BCUT2D eigenvalue weighted by molar-refractivity contribution is -0.145. The van der Waals surface area contributed by atoms with Crippen molar-refractivity contribution in [2.45, 2.75) is 26.6 Å². The van der Waals surface area contributed by atoms with Gasteiger partial charge in [-0.1, -0.05) is 11.6 Å². The molecule has 0 aromatic heterocycles. The third-order valence-electron chi connectivity index (χ3n) is 3.91. The third-order valence-corrected chi connectivity index (χ3v) is 6.09. The van der Waals surface area contributed by atoms with Gasteiger partial charge in [0, 0.05) is 25.4 Å². The highest BCUT2D eigenvalue weighted by Crippen LogP contribution is 2.33. The number of amides is 2. The second-order valence-electron chi connectivity index (χ2n) is 5.91. The van der Waals surface area contributed by atoms with Crippen LogP contribution in [0.5, 0.6) is 0 Å². The van der Waals surface area contributed by atoms with Gasteiger partial charge >= 0.3 is 11.8 Å². The number of benzene rings is 1. The van der Waals surface area contributed by atoms with Crippen molar-refractivity contribution >= 4 is 44.8 Å². The van der Waals surface area contributed by atoms with Crippen molar-refractivity contribution < 1.29 is 27.5 Å². The molecule has 156 valence electrons. The van der Waals surface area contributed by atoms with Crippen LogP contribution in [0, 0.1) is 0 Å². The predicted octanol–water partition coefficient (Wildman–Crippen LogP) is 1.33. The number of hydrogen-bond acceptors (Lipinski definition) is 6. The van der Waals surface area contributed by atoms with Crippen LogP contribution in [0.3, 0.4) is 0 Å². The van der Waals surface area contributed by atoms with E-state index in [9.17, 15) is 18.0 Å². The number of hydrogen-bond donors (Lipinski definition) is 2. The van der Waals surface area contributed by atoms with Gasteiger partial charge in [0.1, 0.15) is 0 Å². The first-order chi connectivity index (χ1) is 13.3. The largest absolute Gasteiger partial charge is 0.351 e. The van der Waals surface area contributed by atoms with Crippen molar-refractivity contribution in [1.29, 1.82) is 0 Å². The molecule has 1 aliphatic rings. The van der Waals surface area contributed by atoms with Crippen LogP contribution in [0.15, 0.2) is 18.2 Å². The summed E-state index contributed by atoms with van der Waals surface area (Å²) < 4.78 is 36.0. The van der Waals surface area contributed by atoms with Gasteiger partial charge in [-0.3, -0.25) is 13.9 Å². The molecule has 0 unspecified atom stereocenters. The fourth-order valence-corrected chi connectivity index (χ4v) is 4.52.